The molecule has 1 aromatic carbocycles. The van der Waals surface area contributed by atoms with E-state index in [9.17, 15) is 0 Å². The lowest BCUT2D eigenvalue weighted by Gasteiger charge is -2.10. The largest absolute Gasteiger partial charge is 0.328 e. The van der Waals surface area contributed by atoms with Crippen LogP contribution in [0.1, 0.15) is 30.7 Å². The standard InChI is InChI=1S/C15H19N3/c1-3-12(16-7-1)9-11-5-6-13-14(10-11)18-8-2-4-15(18)17-13/h5-6,10,12,16H,1-4,7-9H2. The molecular formula is C15H19N3. The highest BCUT2D eigenvalue weighted by Gasteiger charge is 2.18. The molecule has 1 aromatic heterocycles. The number of nitrogens with zero attached hydrogens (tertiary/aromatic N) is 2. The molecule has 4 rings (SSSR count). The van der Waals surface area contributed by atoms with Gasteiger partial charge in [0.1, 0.15) is 5.82 Å². The zero-order valence-electron chi connectivity index (χ0n) is 10.7. The molecule has 2 aromatic rings. The maximum atomic E-state index is 4.71. The lowest BCUT2D eigenvalue weighted by Crippen LogP contribution is -2.23. The molecule has 0 aliphatic carbocycles. The molecule has 0 saturated carbocycles. The Hall–Kier alpha value is -1.35. The summed E-state index contributed by atoms with van der Waals surface area (Å²) in [7, 11) is 0. The fraction of sp³-hybridized carbons (Fsp3) is 0.533. The second-order valence-electron chi connectivity index (χ2n) is 5.60. The van der Waals surface area contributed by atoms with Crippen molar-refractivity contribution in [1.82, 2.24) is 14.9 Å². The molecule has 2 aliphatic rings. The number of aromatic nitrogens is 2. The number of aryl methyl sites for hydroxylation is 2. The highest BCUT2D eigenvalue weighted by atomic mass is 15.1. The Morgan fingerprint density at radius 1 is 1.33 bits per heavy atom. The maximum absolute atomic E-state index is 4.71. The molecule has 0 radical (unpaired) electrons. The Morgan fingerprint density at radius 3 is 3.22 bits per heavy atom. The van der Waals surface area contributed by atoms with Gasteiger partial charge in [0.05, 0.1) is 11.0 Å². The van der Waals surface area contributed by atoms with Crippen molar-refractivity contribution in [1.29, 1.82) is 0 Å². The smallest absolute Gasteiger partial charge is 0.109 e. The first kappa shape index (κ1) is 10.6. The van der Waals surface area contributed by atoms with Gasteiger partial charge in [0, 0.05) is 19.0 Å². The van der Waals surface area contributed by atoms with Gasteiger partial charge in [-0.05, 0) is 49.9 Å². The summed E-state index contributed by atoms with van der Waals surface area (Å²) in [6.07, 6.45) is 6.22. The van der Waals surface area contributed by atoms with Crippen molar-refractivity contribution in [2.75, 3.05) is 6.54 Å². The molecular weight excluding hydrogens is 222 g/mol. The summed E-state index contributed by atoms with van der Waals surface area (Å²) in [4.78, 5) is 4.71. The summed E-state index contributed by atoms with van der Waals surface area (Å²) in [5.74, 6) is 1.28. The highest BCUT2D eigenvalue weighted by Crippen LogP contribution is 2.24. The predicted octanol–water partition coefficient (Wildman–Crippen LogP) is 2.28. The van der Waals surface area contributed by atoms with Crippen molar-refractivity contribution >= 4 is 11.0 Å². The fourth-order valence-corrected chi connectivity index (χ4v) is 3.40. The normalized spacial score (nSPS) is 22.8. The third kappa shape index (κ3) is 1.65. The van der Waals surface area contributed by atoms with E-state index in [0.717, 1.165) is 19.4 Å². The Morgan fingerprint density at radius 2 is 2.33 bits per heavy atom. The second kappa shape index (κ2) is 4.09. The summed E-state index contributed by atoms with van der Waals surface area (Å²) >= 11 is 0. The van der Waals surface area contributed by atoms with Crippen LogP contribution in [-0.4, -0.2) is 22.1 Å². The summed E-state index contributed by atoms with van der Waals surface area (Å²) in [6, 6.07) is 7.50. The van der Waals surface area contributed by atoms with Crippen LogP contribution < -0.4 is 5.32 Å². The zero-order chi connectivity index (χ0) is 11.9. The molecule has 0 bridgehead atoms. The topological polar surface area (TPSA) is 29.9 Å². The third-order valence-electron chi connectivity index (χ3n) is 4.32. The number of nitrogens with one attached hydrogen (secondary N) is 1. The number of rotatable bonds is 2. The van der Waals surface area contributed by atoms with Crippen molar-refractivity contribution in [2.24, 2.45) is 0 Å². The van der Waals surface area contributed by atoms with E-state index in [2.05, 4.69) is 28.1 Å². The lowest BCUT2D eigenvalue weighted by molar-refractivity contribution is 0.603. The molecule has 1 unspecified atom stereocenters. The number of hydrogen-bond acceptors (Lipinski definition) is 2. The second-order valence-corrected chi connectivity index (χ2v) is 5.60. The average molecular weight is 241 g/mol. The molecule has 18 heavy (non-hydrogen) atoms. The van der Waals surface area contributed by atoms with Crippen LogP contribution in [0.15, 0.2) is 18.2 Å². The number of hydrogen-bond donors (Lipinski definition) is 1. The molecule has 2 aliphatic heterocycles. The minimum atomic E-state index is 0.684. The van der Waals surface area contributed by atoms with Crippen LogP contribution >= 0.6 is 0 Å². The molecule has 3 heteroatoms. The molecule has 0 spiro atoms. The van der Waals surface area contributed by atoms with E-state index in [0.29, 0.717) is 6.04 Å². The minimum absolute atomic E-state index is 0.684. The van der Waals surface area contributed by atoms with Gasteiger partial charge in [-0.2, -0.15) is 0 Å². The van der Waals surface area contributed by atoms with Gasteiger partial charge >= 0.3 is 0 Å². The SMILES string of the molecule is c1cc2nc3n(c2cc1CC1CCCN1)CCC3. The monoisotopic (exact) mass is 241 g/mol. The molecule has 1 N–H and O–H groups in total. The summed E-state index contributed by atoms with van der Waals surface area (Å²) in [6.45, 7) is 2.34. The molecule has 1 fully saturated rings. The molecule has 94 valence electrons. The maximum Gasteiger partial charge on any atom is 0.109 e. The number of fused-ring (bicyclic) bond motifs is 3. The first-order valence-corrected chi connectivity index (χ1v) is 7.11. The van der Waals surface area contributed by atoms with Crippen molar-refractivity contribution in [3.8, 4) is 0 Å². The fourth-order valence-electron chi connectivity index (χ4n) is 3.40. The first-order valence-electron chi connectivity index (χ1n) is 7.11. The number of benzene rings is 1. The number of imidazole rings is 1. The molecule has 1 atom stereocenters. The Bertz CT molecular complexity index is 579. The summed E-state index contributed by atoms with van der Waals surface area (Å²) in [5, 5.41) is 3.58. The van der Waals surface area contributed by atoms with Gasteiger partial charge in [0.15, 0.2) is 0 Å². The Kier molecular flexibility index (Phi) is 2.40. The summed E-state index contributed by atoms with van der Waals surface area (Å²) in [5.41, 5.74) is 3.97. The minimum Gasteiger partial charge on any atom is -0.328 e. The Labute approximate surface area is 107 Å². The van der Waals surface area contributed by atoms with Crippen molar-refractivity contribution < 1.29 is 0 Å². The molecule has 3 nitrogen and oxygen atoms in total. The van der Waals surface area contributed by atoms with E-state index < -0.39 is 0 Å². The van der Waals surface area contributed by atoms with Gasteiger partial charge in [-0.15, -0.1) is 0 Å². The molecule has 3 heterocycles. The van der Waals surface area contributed by atoms with E-state index in [1.165, 1.54) is 48.2 Å². The van der Waals surface area contributed by atoms with Gasteiger partial charge in [0.2, 0.25) is 0 Å². The van der Waals surface area contributed by atoms with Crippen LogP contribution in [-0.2, 0) is 19.4 Å². The van der Waals surface area contributed by atoms with E-state index in [4.69, 9.17) is 4.98 Å². The van der Waals surface area contributed by atoms with Crippen molar-refractivity contribution in [3.63, 3.8) is 0 Å². The lowest BCUT2D eigenvalue weighted by atomic mass is 10.0. The van der Waals surface area contributed by atoms with Gasteiger partial charge < -0.3 is 9.88 Å². The summed E-state index contributed by atoms with van der Waals surface area (Å²) < 4.78 is 2.40. The highest BCUT2D eigenvalue weighted by molar-refractivity contribution is 5.77. The van der Waals surface area contributed by atoms with Crippen LogP contribution in [0.4, 0.5) is 0 Å². The van der Waals surface area contributed by atoms with Crippen LogP contribution in [0.5, 0.6) is 0 Å². The molecule has 1 saturated heterocycles. The molecule has 0 amide bonds. The van der Waals surface area contributed by atoms with E-state index in [1.54, 1.807) is 0 Å². The van der Waals surface area contributed by atoms with Gasteiger partial charge in [-0.1, -0.05) is 6.07 Å². The first-order chi connectivity index (χ1) is 8.90. The van der Waals surface area contributed by atoms with Gasteiger partial charge in [0.25, 0.3) is 0 Å². The quantitative estimate of drug-likeness (QED) is 0.874. The van der Waals surface area contributed by atoms with Crippen LogP contribution in [0.3, 0.4) is 0 Å². The van der Waals surface area contributed by atoms with E-state index in [-0.39, 0.29) is 0 Å². The van der Waals surface area contributed by atoms with Crippen LogP contribution in [0, 0.1) is 0 Å². The Balaban J connectivity index is 1.69. The van der Waals surface area contributed by atoms with Crippen molar-refractivity contribution in [3.05, 3.63) is 29.6 Å². The van der Waals surface area contributed by atoms with E-state index >= 15 is 0 Å². The van der Waals surface area contributed by atoms with Crippen LogP contribution in [0.25, 0.3) is 11.0 Å². The average Bonchev–Trinajstić information content (AvgIpc) is 3.05. The van der Waals surface area contributed by atoms with Crippen molar-refractivity contribution in [2.45, 2.75) is 44.7 Å². The van der Waals surface area contributed by atoms with Gasteiger partial charge in [-0.25, -0.2) is 4.98 Å². The van der Waals surface area contributed by atoms with Gasteiger partial charge in [-0.3, -0.25) is 0 Å². The third-order valence-corrected chi connectivity index (χ3v) is 4.32. The predicted molar refractivity (Wildman–Crippen MR) is 72.8 cm³/mol. The zero-order valence-corrected chi connectivity index (χ0v) is 10.7. The van der Waals surface area contributed by atoms with Crippen LogP contribution in [0.2, 0.25) is 0 Å². The van der Waals surface area contributed by atoms with E-state index in [1.807, 2.05) is 0 Å².